The van der Waals surface area contributed by atoms with E-state index in [1.807, 2.05) is 42.5 Å². The van der Waals surface area contributed by atoms with Gasteiger partial charge in [-0.3, -0.25) is 4.79 Å². The summed E-state index contributed by atoms with van der Waals surface area (Å²) in [6.45, 7) is 15.0. The maximum atomic E-state index is 13.8. The highest BCUT2D eigenvalue weighted by atomic mass is 28.4. The number of nitrogens with zero attached hydrogens (tertiary/aromatic N) is 1. The normalized spacial score (nSPS) is 18.4. The Morgan fingerprint density at radius 3 is 2.26 bits per heavy atom. The van der Waals surface area contributed by atoms with Crippen LogP contribution in [-0.2, 0) is 20.4 Å². The van der Waals surface area contributed by atoms with Crippen molar-refractivity contribution in [2.24, 2.45) is 5.92 Å². The van der Waals surface area contributed by atoms with E-state index in [0.29, 0.717) is 6.42 Å². The number of rotatable bonds is 10. The van der Waals surface area contributed by atoms with E-state index in [-0.39, 0.29) is 18.6 Å². The monoisotopic (exact) mass is 507 g/mol. The van der Waals surface area contributed by atoms with Gasteiger partial charge in [-0.2, -0.15) is 0 Å². The third-order valence-electron chi connectivity index (χ3n) is 6.12. The second-order valence-corrected chi connectivity index (χ2v) is 19.3. The summed E-state index contributed by atoms with van der Waals surface area (Å²) in [4.78, 5) is 27.7. The Morgan fingerprint density at radius 1 is 1.09 bits per heavy atom. The summed E-state index contributed by atoms with van der Waals surface area (Å²) in [6, 6.07) is 19.9. The number of hydrogen-bond donors (Lipinski definition) is 0. The number of imide groups is 1. The van der Waals surface area contributed by atoms with Crippen molar-refractivity contribution in [3.63, 3.8) is 0 Å². The fraction of sp³-hybridized carbons (Fsp3) is 0.357. The molecular formula is C28H37NO4Si2. The Labute approximate surface area is 211 Å². The highest BCUT2D eigenvalue weighted by Crippen LogP contribution is 2.25. The van der Waals surface area contributed by atoms with E-state index < -0.39 is 34.5 Å². The fourth-order valence-corrected chi connectivity index (χ4v) is 7.20. The smallest absolute Gasteiger partial charge is 0.417 e. The number of carbonyl (C=O) groups is 2. The lowest BCUT2D eigenvalue weighted by Gasteiger charge is -2.32. The van der Waals surface area contributed by atoms with Crippen molar-refractivity contribution in [1.29, 1.82) is 0 Å². The van der Waals surface area contributed by atoms with E-state index in [1.54, 1.807) is 6.08 Å². The summed E-state index contributed by atoms with van der Waals surface area (Å²) in [5.74, 6) is -1.02. The van der Waals surface area contributed by atoms with Crippen LogP contribution in [0.25, 0.3) is 0 Å². The minimum absolute atomic E-state index is 0.187. The number of cyclic esters (lactones) is 1. The van der Waals surface area contributed by atoms with Gasteiger partial charge in [0.25, 0.3) is 0 Å². The number of amides is 2. The Hall–Kier alpha value is -2.75. The lowest BCUT2D eigenvalue weighted by atomic mass is 9.99. The van der Waals surface area contributed by atoms with Crippen molar-refractivity contribution in [3.05, 3.63) is 90.7 Å². The summed E-state index contributed by atoms with van der Waals surface area (Å²) in [5.41, 5.74) is 3.27. The zero-order valence-electron chi connectivity index (χ0n) is 21.4. The van der Waals surface area contributed by atoms with Crippen LogP contribution in [0.4, 0.5) is 4.79 Å². The fourth-order valence-electron chi connectivity index (χ4n) is 4.24. The van der Waals surface area contributed by atoms with E-state index >= 15 is 0 Å². The molecule has 0 aliphatic carbocycles. The van der Waals surface area contributed by atoms with Crippen LogP contribution in [0.3, 0.4) is 0 Å². The molecule has 0 N–H and O–H groups in total. The van der Waals surface area contributed by atoms with Gasteiger partial charge in [0.05, 0.1) is 18.1 Å². The highest BCUT2D eigenvalue weighted by molar-refractivity contribution is 6.93. The summed E-state index contributed by atoms with van der Waals surface area (Å²) >= 11 is 0. The van der Waals surface area contributed by atoms with E-state index in [0.717, 1.165) is 5.56 Å². The first-order valence-corrected chi connectivity index (χ1v) is 18.6. The Bertz CT molecular complexity index is 1050. The molecule has 1 aliphatic heterocycles. The Kier molecular flexibility index (Phi) is 8.69. The number of hydrogen-bond acceptors (Lipinski definition) is 4. The largest absolute Gasteiger partial charge is 0.447 e. The lowest BCUT2D eigenvalue weighted by Crippen LogP contribution is -2.48. The van der Waals surface area contributed by atoms with Crippen molar-refractivity contribution in [2.75, 3.05) is 6.61 Å². The quantitative estimate of drug-likeness (QED) is 0.323. The van der Waals surface area contributed by atoms with Crippen LogP contribution in [0.1, 0.15) is 5.56 Å². The molecule has 7 heteroatoms. The Balaban J connectivity index is 1.88. The second kappa shape index (κ2) is 11.3. The molecule has 1 aliphatic rings. The third-order valence-corrected chi connectivity index (χ3v) is 9.94. The van der Waals surface area contributed by atoms with Gasteiger partial charge in [-0.25, -0.2) is 9.69 Å². The molecule has 3 rings (SSSR count). The van der Waals surface area contributed by atoms with Gasteiger partial charge in [0.1, 0.15) is 14.7 Å². The van der Waals surface area contributed by atoms with Crippen LogP contribution in [-0.4, -0.2) is 52.0 Å². The Morgan fingerprint density at radius 2 is 1.69 bits per heavy atom. The number of ether oxygens (including phenoxy) is 1. The van der Waals surface area contributed by atoms with Crippen LogP contribution < -0.4 is 5.19 Å². The zero-order chi connectivity index (χ0) is 25.6. The summed E-state index contributed by atoms with van der Waals surface area (Å²) < 4.78 is 11.8. The van der Waals surface area contributed by atoms with Gasteiger partial charge in [-0.05, 0) is 31.6 Å². The molecule has 0 radical (unpaired) electrons. The first kappa shape index (κ1) is 26.9. The molecule has 186 valence electrons. The van der Waals surface area contributed by atoms with Crippen molar-refractivity contribution in [2.45, 2.75) is 51.3 Å². The summed E-state index contributed by atoms with van der Waals surface area (Å²) in [6.07, 6.45) is 3.08. The summed E-state index contributed by atoms with van der Waals surface area (Å²) in [5, 5.41) is 1.30. The molecule has 0 bridgehead atoms. The molecule has 1 heterocycles. The van der Waals surface area contributed by atoms with Crippen LogP contribution in [0.5, 0.6) is 0 Å². The molecule has 5 nitrogen and oxygen atoms in total. The molecule has 2 aromatic carbocycles. The van der Waals surface area contributed by atoms with Gasteiger partial charge < -0.3 is 9.16 Å². The van der Waals surface area contributed by atoms with Gasteiger partial charge in [-0.1, -0.05) is 96.8 Å². The molecule has 2 amide bonds. The second-order valence-electron chi connectivity index (χ2n) is 10.5. The maximum absolute atomic E-state index is 13.8. The van der Waals surface area contributed by atoms with Crippen molar-refractivity contribution >= 4 is 33.6 Å². The van der Waals surface area contributed by atoms with Crippen LogP contribution in [0, 0.1) is 5.92 Å². The highest BCUT2D eigenvalue weighted by Gasteiger charge is 2.42. The number of carbonyl (C=O) groups excluding carboxylic acids is 2. The standard InChI is InChI=1S/C28H37NO4Si2/c1-7-25(27(30)29-23(21-32-28(29)31)20-22-14-10-8-11-15-22)26(33-34(2,3)4)18-19-35(5,6)24-16-12-9-13-17-24/h7-19,23,25-26H,1,20-21H2,2-6H3/b19-18+/t23-,25-,26+/m0/s1. The molecule has 0 spiro atoms. The molecule has 1 fully saturated rings. The average Bonchev–Trinajstić information content (AvgIpc) is 3.18. The average molecular weight is 508 g/mol. The van der Waals surface area contributed by atoms with Crippen molar-refractivity contribution in [3.8, 4) is 0 Å². The van der Waals surface area contributed by atoms with E-state index in [1.165, 1.54) is 10.1 Å². The van der Waals surface area contributed by atoms with E-state index in [4.69, 9.17) is 9.16 Å². The van der Waals surface area contributed by atoms with Crippen molar-refractivity contribution < 1.29 is 18.8 Å². The molecule has 0 aromatic heterocycles. The number of benzene rings is 2. The van der Waals surface area contributed by atoms with Crippen molar-refractivity contribution in [1.82, 2.24) is 4.90 Å². The molecule has 2 aromatic rings. The van der Waals surface area contributed by atoms with Gasteiger partial charge in [-0.15, -0.1) is 6.58 Å². The minimum Gasteiger partial charge on any atom is -0.447 e. The first-order chi connectivity index (χ1) is 16.5. The minimum atomic E-state index is -2.03. The van der Waals surface area contributed by atoms with Gasteiger partial charge in [0, 0.05) is 0 Å². The molecule has 0 unspecified atom stereocenters. The molecule has 0 saturated carbocycles. The summed E-state index contributed by atoms with van der Waals surface area (Å²) in [7, 11) is -3.94. The van der Waals surface area contributed by atoms with Crippen LogP contribution in [0.15, 0.2) is 85.1 Å². The lowest BCUT2D eigenvalue weighted by molar-refractivity contribution is -0.133. The molecule has 3 atom stereocenters. The predicted octanol–water partition coefficient (Wildman–Crippen LogP) is 5.31. The predicted molar refractivity (Wildman–Crippen MR) is 147 cm³/mol. The SMILES string of the molecule is C=C[C@H](C(=O)N1C(=O)OC[C@@H]1Cc1ccccc1)[C@@H](/C=C/[Si](C)(C)c1ccccc1)O[Si](C)(C)C. The third kappa shape index (κ3) is 7.13. The molecular weight excluding hydrogens is 470 g/mol. The topological polar surface area (TPSA) is 55.8 Å². The van der Waals surface area contributed by atoms with Crippen LogP contribution >= 0.6 is 0 Å². The van der Waals surface area contributed by atoms with Gasteiger partial charge in [0.2, 0.25) is 5.91 Å². The molecule has 35 heavy (non-hydrogen) atoms. The van der Waals surface area contributed by atoms with E-state index in [9.17, 15) is 9.59 Å². The van der Waals surface area contributed by atoms with E-state index in [2.05, 4.69) is 69.3 Å². The molecule has 1 saturated heterocycles. The first-order valence-electron chi connectivity index (χ1n) is 12.1. The van der Waals surface area contributed by atoms with Crippen LogP contribution in [0.2, 0.25) is 32.7 Å². The maximum Gasteiger partial charge on any atom is 0.417 e. The zero-order valence-corrected chi connectivity index (χ0v) is 23.4. The van der Waals surface area contributed by atoms with Gasteiger partial charge in [0.15, 0.2) is 8.32 Å². The van der Waals surface area contributed by atoms with Gasteiger partial charge >= 0.3 is 6.09 Å².